The summed E-state index contributed by atoms with van der Waals surface area (Å²) in [5.41, 5.74) is 0.0260. The molecule has 0 spiro atoms. The summed E-state index contributed by atoms with van der Waals surface area (Å²) >= 11 is 0. The first-order chi connectivity index (χ1) is 7.27. The van der Waals surface area contributed by atoms with Crippen molar-refractivity contribution in [1.82, 2.24) is 0 Å². The van der Waals surface area contributed by atoms with Crippen LogP contribution in [0.2, 0.25) is 0 Å². The average molecular weight is 239 g/mol. The molecule has 2 rings (SSSR count). The third-order valence-corrected chi connectivity index (χ3v) is 4.76. The molecule has 0 radical (unpaired) electrons. The zero-order valence-corrected chi connectivity index (χ0v) is 10.2. The van der Waals surface area contributed by atoms with Crippen molar-refractivity contribution < 1.29 is 13.2 Å². The van der Waals surface area contributed by atoms with Gasteiger partial charge in [-0.2, -0.15) is 0 Å². The second-order valence-electron chi connectivity index (χ2n) is 4.49. The fourth-order valence-corrected chi connectivity index (χ4v) is 3.73. The predicted octanol–water partition coefficient (Wildman–Crippen LogP) is 1.50. The van der Waals surface area contributed by atoms with Crippen LogP contribution in [0.4, 0.5) is 5.69 Å². The van der Waals surface area contributed by atoms with Gasteiger partial charge < -0.3 is 5.32 Å². The number of nitrogens with one attached hydrogen (secondary N) is 1. The van der Waals surface area contributed by atoms with Crippen molar-refractivity contribution in [1.29, 1.82) is 0 Å². The summed E-state index contributed by atoms with van der Waals surface area (Å²) in [6, 6.07) is 5.13. The van der Waals surface area contributed by atoms with E-state index in [9.17, 15) is 13.2 Å². The lowest BCUT2D eigenvalue weighted by Gasteiger charge is -2.32. The van der Waals surface area contributed by atoms with Gasteiger partial charge in [0.05, 0.1) is 5.69 Å². The summed E-state index contributed by atoms with van der Waals surface area (Å²) in [6.45, 7) is 4.82. The van der Waals surface area contributed by atoms with Gasteiger partial charge in [0.15, 0.2) is 0 Å². The van der Waals surface area contributed by atoms with E-state index in [1.54, 1.807) is 39.0 Å². The SMILES string of the molecule is Cc1cccc2c1S(=O)(=O)C(=O)C(C)(C)N2. The zero-order valence-electron chi connectivity index (χ0n) is 9.37. The first kappa shape index (κ1) is 11.1. The molecule has 1 aliphatic rings. The second kappa shape index (κ2) is 3.07. The average Bonchev–Trinajstić information content (AvgIpc) is 2.13. The summed E-state index contributed by atoms with van der Waals surface area (Å²) in [6.07, 6.45) is 0. The number of hydrogen-bond acceptors (Lipinski definition) is 4. The van der Waals surface area contributed by atoms with E-state index in [1.807, 2.05) is 0 Å². The highest BCUT2D eigenvalue weighted by Gasteiger charge is 2.45. The summed E-state index contributed by atoms with van der Waals surface area (Å²) in [7, 11) is -3.86. The lowest BCUT2D eigenvalue weighted by Crippen LogP contribution is -2.48. The largest absolute Gasteiger partial charge is 0.371 e. The lowest BCUT2D eigenvalue weighted by atomic mass is 10.1. The number of aryl methyl sites for hydroxylation is 1. The molecule has 0 aliphatic carbocycles. The zero-order chi connectivity index (χ0) is 12.1. The van der Waals surface area contributed by atoms with Crippen molar-refractivity contribution in [2.75, 3.05) is 5.32 Å². The highest BCUT2D eigenvalue weighted by Crippen LogP contribution is 2.35. The van der Waals surface area contributed by atoms with E-state index in [1.165, 1.54) is 0 Å². The van der Waals surface area contributed by atoms with Crippen LogP contribution in [0.3, 0.4) is 0 Å². The molecule has 4 nitrogen and oxygen atoms in total. The Kier molecular flexibility index (Phi) is 2.14. The molecule has 0 unspecified atom stereocenters. The maximum Gasteiger partial charge on any atom is 0.275 e. The van der Waals surface area contributed by atoms with Crippen LogP contribution in [-0.4, -0.2) is 19.1 Å². The third kappa shape index (κ3) is 1.35. The van der Waals surface area contributed by atoms with Gasteiger partial charge >= 0.3 is 0 Å². The van der Waals surface area contributed by atoms with Crippen molar-refractivity contribution in [2.24, 2.45) is 0 Å². The fourth-order valence-electron chi connectivity index (χ4n) is 1.92. The number of rotatable bonds is 0. The number of anilines is 1. The minimum Gasteiger partial charge on any atom is -0.371 e. The van der Waals surface area contributed by atoms with Crippen molar-refractivity contribution in [3.8, 4) is 0 Å². The molecular weight excluding hydrogens is 226 g/mol. The van der Waals surface area contributed by atoms with Crippen LogP contribution in [0.25, 0.3) is 0 Å². The summed E-state index contributed by atoms with van der Waals surface area (Å²) < 4.78 is 24.1. The highest BCUT2D eigenvalue weighted by molar-refractivity contribution is 8.06. The number of sulfone groups is 1. The van der Waals surface area contributed by atoms with Crippen LogP contribution in [-0.2, 0) is 14.6 Å². The van der Waals surface area contributed by atoms with Gasteiger partial charge in [0.25, 0.3) is 5.12 Å². The molecule has 16 heavy (non-hydrogen) atoms. The van der Waals surface area contributed by atoms with Gasteiger partial charge in [-0.1, -0.05) is 12.1 Å². The molecule has 0 saturated heterocycles. The van der Waals surface area contributed by atoms with Crippen LogP contribution in [0.5, 0.6) is 0 Å². The molecule has 0 amide bonds. The molecule has 0 fully saturated rings. The van der Waals surface area contributed by atoms with Gasteiger partial charge in [0, 0.05) is 0 Å². The number of carbonyl (C=O) groups is 1. The second-order valence-corrected chi connectivity index (χ2v) is 6.28. The van der Waals surface area contributed by atoms with E-state index in [-0.39, 0.29) is 4.90 Å². The summed E-state index contributed by atoms with van der Waals surface area (Å²) in [4.78, 5) is 11.9. The van der Waals surface area contributed by atoms with Crippen LogP contribution in [0.1, 0.15) is 19.4 Å². The van der Waals surface area contributed by atoms with E-state index < -0.39 is 20.5 Å². The van der Waals surface area contributed by atoms with Crippen molar-refractivity contribution in [3.63, 3.8) is 0 Å². The summed E-state index contributed by atoms with van der Waals surface area (Å²) in [5, 5.41) is 2.18. The highest BCUT2D eigenvalue weighted by atomic mass is 32.2. The molecule has 0 atom stereocenters. The van der Waals surface area contributed by atoms with Gasteiger partial charge in [-0.05, 0) is 32.4 Å². The van der Waals surface area contributed by atoms with Gasteiger partial charge in [-0.25, -0.2) is 8.42 Å². The van der Waals surface area contributed by atoms with E-state index in [0.29, 0.717) is 11.3 Å². The molecule has 1 aliphatic heterocycles. The Labute approximate surface area is 94.6 Å². The van der Waals surface area contributed by atoms with Gasteiger partial charge in [-0.15, -0.1) is 0 Å². The van der Waals surface area contributed by atoms with Crippen LogP contribution in [0, 0.1) is 6.92 Å². The molecular formula is C11H13NO3S. The normalized spacial score (nSPS) is 21.1. The smallest absolute Gasteiger partial charge is 0.275 e. The Hall–Kier alpha value is -1.36. The standard InChI is InChI=1S/C11H13NO3S/c1-7-5-4-6-8-9(7)16(14,15)10(13)11(2,3)12-8/h4-6,12H,1-3H3. The number of hydrogen-bond donors (Lipinski definition) is 1. The lowest BCUT2D eigenvalue weighted by molar-refractivity contribution is -0.114. The molecule has 5 heteroatoms. The van der Waals surface area contributed by atoms with Crippen molar-refractivity contribution >= 4 is 20.6 Å². The van der Waals surface area contributed by atoms with Crippen molar-refractivity contribution in [3.05, 3.63) is 23.8 Å². The van der Waals surface area contributed by atoms with Crippen molar-refractivity contribution in [2.45, 2.75) is 31.2 Å². The number of fused-ring (bicyclic) bond motifs is 1. The van der Waals surface area contributed by atoms with Crippen LogP contribution >= 0.6 is 0 Å². The Bertz CT molecular complexity index is 573. The minimum absolute atomic E-state index is 0.110. The minimum atomic E-state index is -3.86. The molecule has 0 saturated carbocycles. The van der Waals surface area contributed by atoms with Gasteiger partial charge in [0.1, 0.15) is 10.4 Å². The predicted molar refractivity (Wildman–Crippen MR) is 61.1 cm³/mol. The van der Waals surface area contributed by atoms with Crippen LogP contribution in [0.15, 0.2) is 23.1 Å². The van der Waals surface area contributed by atoms with Crippen LogP contribution < -0.4 is 5.32 Å². The van der Waals surface area contributed by atoms with E-state index in [2.05, 4.69) is 5.32 Å². The maximum absolute atomic E-state index is 12.1. The molecule has 86 valence electrons. The molecule has 1 N–H and O–H groups in total. The molecule has 0 bridgehead atoms. The Morgan fingerprint density at radius 3 is 2.50 bits per heavy atom. The maximum atomic E-state index is 12.1. The van der Waals surface area contributed by atoms with Gasteiger partial charge in [-0.3, -0.25) is 4.79 Å². The molecule has 1 aromatic carbocycles. The Morgan fingerprint density at radius 2 is 1.88 bits per heavy atom. The van der Waals surface area contributed by atoms with E-state index in [4.69, 9.17) is 0 Å². The Morgan fingerprint density at radius 1 is 1.25 bits per heavy atom. The monoisotopic (exact) mass is 239 g/mol. The van der Waals surface area contributed by atoms with Gasteiger partial charge in [0.2, 0.25) is 9.84 Å². The molecule has 0 aromatic heterocycles. The quantitative estimate of drug-likeness (QED) is 0.745. The molecule has 1 aromatic rings. The number of benzene rings is 1. The fraction of sp³-hybridized carbons (Fsp3) is 0.364. The Balaban J connectivity index is 2.83. The molecule has 1 heterocycles. The number of carbonyl (C=O) groups excluding carboxylic acids is 1. The summed E-state index contributed by atoms with van der Waals surface area (Å²) in [5.74, 6) is 0. The third-order valence-electron chi connectivity index (χ3n) is 2.68. The first-order valence-electron chi connectivity index (χ1n) is 4.94. The van der Waals surface area contributed by atoms with E-state index >= 15 is 0 Å². The topological polar surface area (TPSA) is 63.2 Å². The van der Waals surface area contributed by atoms with E-state index in [0.717, 1.165) is 0 Å². The first-order valence-corrected chi connectivity index (χ1v) is 6.42.